The highest BCUT2D eigenvalue weighted by molar-refractivity contribution is 5.86. The fraction of sp³-hybridized carbons (Fsp3) is 0.438. The van der Waals surface area contributed by atoms with Crippen molar-refractivity contribution in [1.29, 1.82) is 0 Å². The molecule has 1 N–H and O–H groups in total. The van der Waals surface area contributed by atoms with Gasteiger partial charge in [0.25, 0.3) is 0 Å². The summed E-state index contributed by atoms with van der Waals surface area (Å²) in [5.74, 6) is 0.934. The molecule has 0 spiro atoms. The normalized spacial score (nSPS) is 18.1. The molecule has 21 heavy (non-hydrogen) atoms. The molecular weight excluding hydrogens is 272 g/mol. The Labute approximate surface area is 123 Å². The zero-order valence-electron chi connectivity index (χ0n) is 11.7. The van der Waals surface area contributed by atoms with E-state index in [1.54, 1.807) is 12.1 Å². The molecule has 0 radical (unpaired) electrons. The van der Waals surface area contributed by atoms with Crippen molar-refractivity contribution in [2.45, 2.75) is 38.2 Å². The summed E-state index contributed by atoms with van der Waals surface area (Å²) >= 11 is 0. The largest absolute Gasteiger partial charge is 0.490 e. The van der Waals surface area contributed by atoms with Gasteiger partial charge >= 0.3 is 5.97 Å². The number of hydrogen-bond acceptors (Lipinski definition) is 4. The van der Waals surface area contributed by atoms with Gasteiger partial charge in [-0.05, 0) is 37.8 Å². The number of carbonyl (C=O) groups is 1. The lowest BCUT2D eigenvalue weighted by Gasteiger charge is -2.24. The first-order valence-electron chi connectivity index (χ1n) is 7.24. The molecule has 5 heteroatoms. The number of carboxylic acid groups (broad SMARTS) is 1. The van der Waals surface area contributed by atoms with Crippen LogP contribution < -0.4 is 14.2 Å². The maximum absolute atomic E-state index is 10.7. The molecule has 0 bridgehead atoms. The van der Waals surface area contributed by atoms with Crippen LogP contribution in [0.25, 0.3) is 6.08 Å². The molecular formula is C16H18O5. The Balaban J connectivity index is 1.86. The van der Waals surface area contributed by atoms with Gasteiger partial charge in [0.15, 0.2) is 11.5 Å². The summed E-state index contributed by atoms with van der Waals surface area (Å²) in [4.78, 5) is 10.7. The standard InChI is InChI=1S/C16H18O5/c17-16(18)7-6-11-8-14-15(20-10-19-14)9-13(11)21-12-4-2-1-3-5-12/h6-9,12H,1-5,10H2,(H,17,18). The zero-order valence-corrected chi connectivity index (χ0v) is 11.7. The highest BCUT2D eigenvalue weighted by Gasteiger charge is 2.20. The van der Waals surface area contributed by atoms with E-state index in [9.17, 15) is 4.79 Å². The Morgan fingerprint density at radius 3 is 2.62 bits per heavy atom. The van der Waals surface area contributed by atoms with E-state index >= 15 is 0 Å². The molecule has 1 aliphatic heterocycles. The molecule has 112 valence electrons. The summed E-state index contributed by atoms with van der Waals surface area (Å²) < 4.78 is 16.8. The Bertz CT molecular complexity index is 558. The molecule has 0 atom stereocenters. The van der Waals surface area contributed by atoms with E-state index in [1.807, 2.05) is 0 Å². The topological polar surface area (TPSA) is 65.0 Å². The summed E-state index contributed by atoms with van der Waals surface area (Å²) in [5, 5.41) is 8.80. The Kier molecular flexibility index (Phi) is 3.99. The summed E-state index contributed by atoms with van der Waals surface area (Å²) in [5.41, 5.74) is 0.701. The van der Waals surface area contributed by atoms with E-state index in [-0.39, 0.29) is 12.9 Å². The first kappa shape index (κ1) is 13.8. The van der Waals surface area contributed by atoms with Crippen LogP contribution in [0.1, 0.15) is 37.7 Å². The summed E-state index contributed by atoms with van der Waals surface area (Å²) in [6, 6.07) is 3.55. The van der Waals surface area contributed by atoms with Crippen LogP contribution in [0.3, 0.4) is 0 Å². The predicted octanol–water partition coefficient (Wildman–Crippen LogP) is 3.22. The van der Waals surface area contributed by atoms with Crippen molar-refractivity contribution in [3.05, 3.63) is 23.8 Å². The second-order valence-electron chi connectivity index (χ2n) is 5.29. The van der Waals surface area contributed by atoms with Gasteiger partial charge in [-0.1, -0.05) is 6.42 Å². The molecule has 3 rings (SSSR count). The Morgan fingerprint density at radius 2 is 1.90 bits per heavy atom. The molecule has 1 heterocycles. The number of rotatable bonds is 4. The van der Waals surface area contributed by atoms with E-state index in [4.69, 9.17) is 19.3 Å². The van der Waals surface area contributed by atoms with Gasteiger partial charge in [-0.3, -0.25) is 0 Å². The van der Waals surface area contributed by atoms with Gasteiger partial charge in [0.2, 0.25) is 6.79 Å². The maximum Gasteiger partial charge on any atom is 0.328 e. The van der Waals surface area contributed by atoms with E-state index < -0.39 is 5.97 Å². The van der Waals surface area contributed by atoms with E-state index in [0.29, 0.717) is 22.8 Å². The SMILES string of the molecule is O=C(O)C=Cc1cc2c(cc1OC1CCCCC1)OCO2. The molecule has 0 aromatic heterocycles. The average molecular weight is 290 g/mol. The highest BCUT2D eigenvalue weighted by Crippen LogP contribution is 2.39. The lowest BCUT2D eigenvalue weighted by atomic mass is 9.97. The minimum Gasteiger partial charge on any atom is -0.490 e. The van der Waals surface area contributed by atoms with Gasteiger partial charge in [-0.15, -0.1) is 0 Å². The molecule has 0 unspecified atom stereocenters. The average Bonchev–Trinajstić information content (AvgIpc) is 2.93. The van der Waals surface area contributed by atoms with Crippen LogP contribution in [0.4, 0.5) is 0 Å². The molecule has 1 fully saturated rings. The second-order valence-corrected chi connectivity index (χ2v) is 5.29. The van der Waals surface area contributed by atoms with Crippen molar-refractivity contribution in [2.24, 2.45) is 0 Å². The number of hydrogen-bond donors (Lipinski definition) is 1. The van der Waals surface area contributed by atoms with Crippen LogP contribution >= 0.6 is 0 Å². The van der Waals surface area contributed by atoms with Gasteiger partial charge in [-0.25, -0.2) is 4.79 Å². The quantitative estimate of drug-likeness (QED) is 0.862. The van der Waals surface area contributed by atoms with Gasteiger partial charge in [-0.2, -0.15) is 0 Å². The fourth-order valence-corrected chi connectivity index (χ4v) is 2.69. The number of ether oxygens (including phenoxy) is 3. The van der Waals surface area contributed by atoms with Crippen molar-refractivity contribution in [3.8, 4) is 17.2 Å². The lowest BCUT2D eigenvalue weighted by molar-refractivity contribution is -0.131. The van der Waals surface area contributed by atoms with Gasteiger partial charge < -0.3 is 19.3 Å². The van der Waals surface area contributed by atoms with Crippen LogP contribution in [-0.4, -0.2) is 24.0 Å². The molecule has 0 amide bonds. The summed E-state index contributed by atoms with van der Waals surface area (Å²) in [6.45, 7) is 0.185. The van der Waals surface area contributed by atoms with E-state index in [0.717, 1.165) is 18.9 Å². The summed E-state index contributed by atoms with van der Waals surface area (Å²) in [7, 11) is 0. The molecule has 0 saturated heterocycles. The van der Waals surface area contributed by atoms with Crippen molar-refractivity contribution in [1.82, 2.24) is 0 Å². The summed E-state index contributed by atoms with van der Waals surface area (Å²) in [6.07, 6.45) is 8.51. The van der Waals surface area contributed by atoms with Gasteiger partial charge in [0.1, 0.15) is 5.75 Å². The Morgan fingerprint density at radius 1 is 1.19 bits per heavy atom. The third-order valence-corrected chi connectivity index (χ3v) is 3.76. The molecule has 5 nitrogen and oxygen atoms in total. The first-order valence-corrected chi connectivity index (χ1v) is 7.24. The molecule has 1 aliphatic carbocycles. The van der Waals surface area contributed by atoms with E-state index in [1.165, 1.54) is 25.3 Å². The molecule has 1 saturated carbocycles. The second kappa shape index (κ2) is 6.08. The van der Waals surface area contributed by atoms with Crippen molar-refractivity contribution >= 4 is 12.0 Å². The predicted molar refractivity (Wildman–Crippen MR) is 76.7 cm³/mol. The number of fused-ring (bicyclic) bond motifs is 1. The molecule has 1 aromatic rings. The maximum atomic E-state index is 10.7. The van der Waals surface area contributed by atoms with Crippen molar-refractivity contribution in [3.63, 3.8) is 0 Å². The van der Waals surface area contributed by atoms with Crippen LogP contribution in [-0.2, 0) is 4.79 Å². The van der Waals surface area contributed by atoms with Gasteiger partial charge in [0.05, 0.1) is 6.10 Å². The fourth-order valence-electron chi connectivity index (χ4n) is 2.69. The van der Waals surface area contributed by atoms with Crippen molar-refractivity contribution < 1.29 is 24.1 Å². The minimum atomic E-state index is -0.990. The molecule has 2 aliphatic rings. The smallest absolute Gasteiger partial charge is 0.328 e. The third-order valence-electron chi connectivity index (χ3n) is 3.76. The van der Waals surface area contributed by atoms with E-state index in [2.05, 4.69) is 0 Å². The molecule has 1 aromatic carbocycles. The van der Waals surface area contributed by atoms with Crippen LogP contribution in [0, 0.1) is 0 Å². The van der Waals surface area contributed by atoms with Gasteiger partial charge in [0, 0.05) is 17.7 Å². The highest BCUT2D eigenvalue weighted by atomic mass is 16.7. The lowest BCUT2D eigenvalue weighted by Crippen LogP contribution is -2.20. The number of carboxylic acids is 1. The van der Waals surface area contributed by atoms with Crippen molar-refractivity contribution in [2.75, 3.05) is 6.79 Å². The first-order chi connectivity index (χ1) is 10.2. The monoisotopic (exact) mass is 290 g/mol. The van der Waals surface area contributed by atoms with Crippen LogP contribution in [0.15, 0.2) is 18.2 Å². The Hall–Kier alpha value is -2.17. The van der Waals surface area contributed by atoms with Crippen LogP contribution in [0.5, 0.6) is 17.2 Å². The number of aliphatic carboxylic acids is 1. The van der Waals surface area contributed by atoms with Crippen LogP contribution in [0.2, 0.25) is 0 Å². The third kappa shape index (κ3) is 3.29. The zero-order chi connectivity index (χ0) is 14.7. The number of benzene rings is 1. The minimum absolute atomic E-state index is 0.185.